The zero-order valence-corrected chi connectivity index (χ0v) is 10.7. The van der Waals surface area contributed by atoms with Gasteiger partial charge in [-0.1, -0.05) is 0 Å². The maximum Gasteiger partial charge on any atom is 0.179 e. The van der Waals surface area contributed by atoms with Gasteiger partial charge in [-0.25, -0.2) is 4.98 Å². The van der Waals surface area contributed by atoms with E-state index in [0.29, 0.717) is 11.3 Å². The summed E-state index contributed by atoms with van der Waals surface area (Å²) in [6, 6.07) is 0. The van der Waals surface area contributed by atoms with Crippen molar-refractivity contribution in [2.75, 3.05) is 7.05 Å². The van der Waals surface area contributed by atoms with Crippen LogP contribution in [-0.4, -0.2) is 37.9 Å². The molecule has 0 saturated heterocycles. The van der Waals surface area contributed by atoms with Gasteiger partial charge in [-0.2, -0.15) is 0 Å². The summed E-state index contributed by atoms with van der Waals surface area (Å²) in [6.07, 6.45) is 10.9. The fraction of sp³-hybridized carbons (Fsp3) is 0.0769. The summed E-state index contributed by atoms with van der Waals surface area (Å²) in [4.78, 5) is 18.2. The molecule has 3 heterocycles. The van der Waals surface area contributed by atoms with E-state index in [0.717, 1.165) is 22.9 Å². The summed E-state index contributed by atoms with van der Waals surface area (Å²) < 4.78 is 1.83. The van der Waals surface area contributed by atoms with Crippen molar-refractivity contribution < 1.29 is 4.79 Å². The Morgan fingerprint density at radius 1 is 1.50 bits per heavy atom. The van der Waals surface area contributed by atoms with Crippen molar-refractivity contribution in [3.05, 3.63) is 42.6 Å². The van der Waals surface area contributed by atoms with Crippen LogP contribution in [0.4, 0.5) is 0 Å². The molecule has 3 aromatic rings. The molecule has 0 aliphatic heterocycles. The Bertz CT molecular complexity index is 826. The van der Waals surface area contributed by atoms with E-state index in [1.807, 2.05) is 16.7 Å². The first-order valence-electron chi connectivity index (χ1n) is 6.00. The quantitative estimate of drug-likeness (QED) is 0.417. The van der Waals surface area contributed by atoms with Gasteiger partial charge in [0, 0.05) is 18.8 Å². The topological polar surface area (TPSA) is 88.0 Å². The van der Waals surface area contributed by atoms with Gasteiger partial charge in [-0.05, 0) is 23.9 Å². The van der Waals surface area contributed by atoms with Gasteiger partial charge >= 0.3 is 0 Å². The molecule has 100 valence electrons. The number of aromatic nitrogens is 5. The lowest BCUT2D eigenvalue weighted by Gasteiger charge is -2.01. The van der Waals surface area contributed by atoms with Crippen LogP contribution in [0.1, 0.15) is 5.56 Å². The molecule has 0 aliphatic rings. The highest BCUT2D eigenvalue weighted by molar-refractivity contribution is 5.96. The van der Waals surface area contributed by atoms with Crippen LogP contribution in [0.15, 0.2) is 37.1 Å². The summed E-state index contributed by atoms with van der Waals surface area (Å²) >= 11 is 0. The normalized spacial score (nSPS) is 12.6. The third kappa shape index (κ3) is 1.85. The average molecular weight is 268 g/mol. The fourth-order valence-electron chi connectivity index (χ4n) is 2.08. The number of carbonyl (C=O) groups is 1. The number of hydrogen-bond donors (Lipinski definition) is 2. The minimum absolute atomic E-state index is 0.654. The lowest BCUT2D eigenvalue weighted by Crippen LogP contribution is -1.94. The second kappa shape index (κ2) is 4.96. The highest BCUT2D eigenvalue weighted by atomic mass is 16.1. The first kappa shape index (κ1) is 12.1. The van der Waals surface area contributed by atoms with E-state index < -0.39 is 0 Å². The van der Waals surface area contributed by atoms with Crippen molar-refractivity contribution >= 4 is 28.7 Å². The predicted molar refractivity (Wildman–Crippen MR) is 74.9 cm³/mol. The van der Waals surface area contributed by atoms with Crippen LogP contribution in [0.2, 0.25) is 0 Å². The Labute approximate surface area is 114 Å². The highest BCUT2D eigenvalue weighted by Gasteiger charge is 2.12. The summed E-state index contributed by atoms with van der Waals surface area (Å²) in [5.74, 6) is 0. The lowest BCUT2D eigenvalue weighted by atomic mass is 10.1. The first-order chi connectivity index (χ1) is 9.85. The van der Waals surface area contributed by atoms with Gasteiger partial charge in [0.1, 0.15) is 18.1 Å². The Morgan fingerprint density at radius 3 is 3.20 bits per heavy atom. The van der Waals surface area contributed by atoms with E-state index in [1.165, 1.54) is 6.08 Å². The SMILES string of the molecule is CN/C=C\C(=C/C=O)c1c[nH]c2ncc3nncn3c12. The molecule has 0 aromatic carbocycles. The van der Waals surface area contributed by atoms with Gasteiger partial charge in [0.2, 0.25) is 0 Å². The molecule has 0 fully saturated rings. The smallest absolute Gasteiger partial charge is 0.179 e. The molecule has 2 N–H and O–H groups in total. The number of aldehydes is 1. The van der Waals surface area contributed by atoms with E-state index in [-0.39, 0.29) is 0 Å². The van der Waals surface area contributed by atoms with Crippen LogP contribution in [-0.2, 0) is 4.79 Å². The van der Waals surface area contributed by atoms with E-state index >= 15 is 0 Å². The van der Waals surface area contributed by atoms with Gasteiger partial charge in [0.15, 0.2) is 11.3 Å². The summed E-state index contributed by atoms with van der Waals surface area (Å²) in [7, 11) is 1.80. The number of allylic oxidation sites excluding steroid dienone is 3. The van der Waals surface area contributed by atoms with Crippen molar-refractivity contribution in [1.29, 1.82) is 0 Å². The van der Waals surface area contributed by atoms with E-state index in [1.54, 1.807) is 25.8 Å². The van der Waals surface area contributed by atoms with Crippen LogP contribution < -0.4 is 5.32 Å². The van der Waals surface area contributed by atoms with Crippen molar-refractivity contribution in [2.24, 2.45) is 0 Å². The van der Waals surface area contributed by atoms with Gasteiger partial charge in [-0.15, -0.1) is 10.2 Å². The highest BCUT2D eigenvalue weighted by Crippen LogP contribution is 2.24. The van der Waals surface area contributed by atoms with E-state index in [4.69, 9.17) is 0 Å². The van der Waals surface area contributed by atoms with Crippen LogP contribution >= 0.6 is 0 Å². The molecule has 0 amide bonds. The summed E-state index contributed by atoms with van der Waals surface area (Å²) in [6.45, 7) is 0. The molecular formula is C13H12N6O. The van der Waals surface area contributed by atoms with Crippen molar-refractivity contribution in [3.63, 3.8) is 0 Å². The molecule has 3 rings (SSSR count). The number of hydrogen-bond acceptors (Lipinski definition) is 5. The molecular weight excluding hydrogens is 256 g/mol. The van der Waals surface area contributed by atoms with Crippen molar-refractivity contribution in [2.45, 2.75) is 0 Å². The molecule has 0 bridgehead atoms. The predicted octanol–water partition coefficient (Wildman–Crippen LogP) is 0.921. The molecule has 3 aromatic heterocycles. The number of fused-ring (bicyclic) bond motifs is 3. The van der Waals surface area contributed by atoms with E-state index in [9.17, 15) is 4.79 Å². The van der Waals surface area contributed by atoms with Crippen LogP contribution in [0.3, 0.4) is 0 Å². The molecule has 0 spiro atoms. The zero-order valence-electron chi connectivity index (χ0n) is 10.7. The van der Waals surface area contributed by atoms with Crippen LogP contribution in [0.25, 0.3) is 22.4 Å². The Hall–Kier alpha value is -2.96. The maximum atomic E-state index is 10.8. The number of carbonyl (C=O) groups excluding carboxylic acids is 1. The van der Waals surface area contributed by atoms with Crippen LogP contribution in [0, 0.1) is 0 Å². The lowest BCUT2D eigenvalue weighted by molar-refractivity contribution is -0.104. The van der Waals surface area contributed by atoms with Crippen molar-refractivity contribution in [3.8, 4) is 0 Å². The zero-order chi connectivity index (χ0) is 13.9. The second-order valence-corrected chi connectivity index (χ2v) is 4.10. The molecule has 0 aliphatic carbocycles. The average Bonchev–Trinajstić information content (AvgIpc) is 3.08. The third-order valence-corrected chi connectivity index (χ3v) is 2.94. The van der Waals surface area contributed by atoms with Crippen LogP contribution in [0.5, 0.6) is 0 Å². The number of aromatic amines is 1. The molecule has 0 unspecified atom stereocenters. The number of H-pyrrole nitrogens is 1. The molecule has 0 radical (unpaired) electrons. The summed E-state index contributed by atoms with van der Waals surface area (Å²) in [5.41, 5.74) is 3.82. The number of rotatable bonds is 4. The third-order valence-electron chi connectivity index (χ3n) is 2.94. The molecule has 7 heteroatoms. The molecule has 20 heavy (non-hydrogen) atoms. The standard InChI is InChI=1S/C13H12N6O/c1-14-4-2-9(3-5-20)10-6-15-13-12(10)19-8-17-18-11(19)7-16-13/h2-8,14-15H,1H3/b4-2-,9-3+. The second-order valence-electron chi connectivity index (χ2n) is 4.10. The van der Waals surface area contributed by atoms with E-state index in [2.05, 4.69) is 25.5 Å². The minimum atomic E-state index is 0.654. The Kier molecular flexibility index (Phi) is 3.00. The summed E-state index contributed by atoms with van der Waals surface area (Å²) in [5, 5.41) is 10.8. The van der Waals surface area contributed by atoms with Gasteiger partial charge in [0.25, 0.3) is 0 Å². The van der Waals surface area contributed by atoms with Crippen molar-refractivity contribution in [1.82, 2.24) is 29.9 Å². The molecule has 0 atom stereocenters. The number of nitrogens with zero attached hydrogens (tertiary/aromatic N) is 4. The monoisotopic (exact) mass is 268 g/mol. The number of nitrogens with one attached hydrogen (secondary N) is 2. The fourth-order valence-corrected chi connectivity index (χ4v) is 2.08. The molecule has 0 saturated carbocycles. The Balaban J connectivity index is 2.29. The minimum Gasteiger partial charge on any atom is -0.394 e. The Morgan fingerprint density at radius 2 is 2.40 bits per heavy atom. The van der Waals surface area contributed by atoms with Gasteiger partial charge in [-0.3, -0.25) is 9.20 Å². The molecule has 7 nitrogen and oxygen atoms in total. The van der Waals surface area contributed by atoms with Gasteiger partial charge < -0.3 is 10.3 Å². The first-order valence-corrected chi connectivity index (χ1v) is 6.00. The largest absolute Gasteiger partial charge is 0.394 e. The van der Waals surface area contributed by atoms with Gasteiger partial charge in [0.05, 0.1) is 6.20 Å². The maximum absolute atomic E-state index is 10.8.